The highest BCUT2D eigenvalue weighted by molar-refractivity contribution is 5.91. The van der Waals surface area contributed by atoms with Gasteiger partial charge in [-0.05, 0) is 25.3 Å². The SMILES string of the molecule is CCOC(=O)C1=C[C@H]2CC[C@@H]1N2Cc1ccccc1. The van der Waals surface area contributed by atoms with E-state index in [0.717, 1.165) is 25.0 Å². The lowest BCUT2D eigenvalue weighted by atomic mass is 10.00. The zero-order valence-corrected chi connectivity index (χ0v) is 11.2. The largest absolute Gasteiger partial charge is 0.463 e. The zero-order chi connectivity index (χ0) is 13.2. The monoisotopic (exact) mass is 257 g/mol. The summed E-state index contributed by atoms with van der Waals surface area (Å²) >= 11 is 0. The van der Waals surface area contributed by atoms with Crippen LogP contribution in [0, 0.1) is 0 Å². The van der Waals surface area contributed by atoms with Crippen LogP contribution in [0.1, 0.15) is 25.3 Å². The summed E-state index contributed by atoms with van der Waals surface area (Å²) in [6, 6.07) is 11.1. The Morgan fingerprint density at radius 2 is 2.11 bits per heavy atom. The van der Waals surface area contributed by atoms with Gasteiger partial charge in [0.2, 0.25) is 0 Å². The van der Waals surface area contributed by atoms with E-state index in [1.165, 1.54) is 5.56 Å². The first kappa shape index (κ1) is 12.4. The van der Waals surface area contributed by atoms with E-state index in [1.54, 1.807) is 0 Å². The van der Waals surface area contributed by atoms with E-state index in [0.29, 0.717) is 12.6 Å². The highest BCUT2D eigenvalue weighted by Crippen LogP contribution is 2.38. The summed E-state index contributed by atoms with van der Waals surface area (Å²) in [4.78, 5) is 14.3. The molecule has 0 N–H and O–H groups in total. The minimum Gasteiger partial charge on any atom is -0.463 e. The Labute approximate surface area is 113 Å². The van der Waals surface area contributed by atoms with Crippen molar-refractivity contribution in [2.75, 3.05) is 6.61 Å². The smallest absolute Gasteiger partial charge is 0.335 e. The van der Waals surface area contributed by atoms with Gasteiger partial charge in [-0.1, -0.05) is 36.4 Å². The third-order valence-corrected chi connectivity index (χ3v) is 4.01. The minimum absolute atomic E-state index is 0.132. The lowest BCUT2D eigenvalue weighted by Gasteiger charge is -2.23. The molecule has 1 fully saturated rings. The fraction of sp³-hybridized carbons (Fsp3) is 0.438. The van der Waals surface area contributed by atoms with E-state index in [9.17, 15) is 4.79 Å². The standard InChI is InChI=1S/C16H19NO2/c1-2-19-16(18)14-10-13-8-9-15(14)17(13)11-12-6-4-3-5-7-12/h3-7,10,13,15H,2,8-9,11H2,1H3/t13-,15+/m1/s1. The van der Waals surface area contributed by atoms with Gasteiger partial charge in [0.05, 0.1) is 12.2 Å². The highest BCUT2D eigenvalue weighted by atomic mass is 16.5. The molecule has 0 radical (unpaired) electrons. The van der Waals surface area contributed by atoms with Gasteiger partial charge in [0.1, 0.15) is 0 Å². The van der Waals surface area contributed by atoms with Crippen LogP contribution in [0.4, 0.5) is 0 Å². The third kappa shape index (κ3) is 2.30. The summed E-state index contributed by atoms with van der Waals surface area (Å²) < 4.78 is 5.14. The zero-order valence-electron chi connectivity index (χ0n) is 11.2. The van der Waals surface area contributed by atoms with Crippen molar-refractivity contribution in [3.05, 3.63) is 47.5 Å². The Balaban J connectivity index is 1.72. The normalized spacial score (nSPS) is 25.4. The molecule has 2 aliphatic rings. The number of fused-ring (bicyclic) bond motifs is 2. The van der Waals surface area contributed by atoms with Crippen LogP contribution in [-0.4, -0.2) is 29.6 Å². The summed E-state index contributed by atoms with van der Waals surface area (Å²) in [5.74, 6) is -0.132. The predicted molar refractivity (Wildman–Crippen MR) is 73.5 cm³/mol. The van der Waals surface area contributed by atoms with Crippen LogP contribution in [0.3, 0.4) is 0 Å². The molecule has 1 saturated heterocycles. The number of carbonyl (C=O) groups is 1. The molecule has 0 aliphatic carbocycles. The van der Waals surface area contributed by atoms with Gasteiger partial charge in [-0.15, -0.1) is 0 Å². The van der Waals surface area contributed by atoms with Gasteiger partial charge in [0.15, 0.2) is 0 Å². The van der Waals surface area contributed by atoms with Gasteiger partial charge < -0.3 is 4.74 Å². The first-order valence-electron chi connectivity index (χ1n) is 6.98. The molecule has 100 valence electrons. The molecule has 2 aliphatic heterocycles. The third-order valence-electron chi connectivity index (χ3n) is 4.01. The minimum atomic E-state index is -0.132. The molecule has 19 heavy (non-hydrogen) atoms. The Kier molecular flexibility index (Phi) is 3.38. The molecule has 2 atom stereocenters. The van der Waals surface area contributed by atoms with Crippen molar-refractivity contribution in [3.63, 3.8) is 0 Å². The molecule has 3 rings (SSSR count). The van der Waals surface area contributed by atoms with E-state index < -0.39 is 0 Å². The quantitative estimate of drug-likeness (QED) is 0.776. The first-order chi connectivity index (χ1) is 9.29. The van der Waals surface area contributed by atoms with E-state index >= 15 is 0 Å². The van der Waals surface area contributed by atoms with Crippen molar-refractivity contribution in [3.8, 4) is 0 Å². The number of benzene rings is 1. The van der Waals surface area contributed by atoms with E-state index in [-0.39, 0.29) is 12.0 Å². The van der Waals surface area contributed by atoms with Crippen LogP contribution in [0.5, 0.6) is 0 Å². The van der Waals surface area contributed by atoms with Gasteiger partial charge in [-0.25, -0.2) is 4.79 Å². The van der Waals surface area contributed by atoms with Gasteiger partial charge in [0.25, 0.3) is 0 Å². The van der Waals surface area contributed by atoms with Crippen LogP contribution >= 0.6 is 0 Å². The van der Waals surface area contributed by atoms with Crippen molar-refractivity contribution in [2.45, 2.75) is 38.4 Å². The Bertz CT molecular complexity index is 495. The second-order valence-corrected chi connectivity index (χ2v) is 5.16. The topological polar surface area (TPSA) is 29.5 Å². The number of hydrogen-bond donors (Lipinski definition) is 0. The van der Waals surface area contributed by atoms with Gasteiger partial charge in [-0.3, -0.25) is 4.90 Å². The summed E-state index contributed by atoms with van der Waals surface area (Å²) in [7, 11) is 0. The highest BCUT2D eigenvalue weighted by Gasteiger charge is 2.43. The van der Waals surface area contributed by atoms with Gasteiger partial charge in [0, 0.05) is 18.6 Å². The molecule has 1 aromatic rings. The van der Waals surface area contributed by atoms with Gasteiger partial charge >= 0.3 is 5.97 Å². The molecule has 3 heteroatoms. The average Bonchev–Trinajstić information content (AvgIpc) is 2.97. The molecular weight excluding hydrogens is 238 g/mol. The second-order valence-electron chi connectivity index (χ2n) is 5.16. The maximum absolute atomic E-state index is 11.9. The molecule has 0 aromatic heterocycles. The summed E-state index contributed by atoms with van der Waals surface area (Å²) in [6.07, 6.45) is 4.33. The Morgan fingerprint density at radius 3 is 2.84 bits per heavy atom. The first-order valence-corrected chi connectivity index (χ1v) is 6.98. The Hall–Kier alpha value is -1.61. The fourth-order valence-electron chi connectivity index (χ4n) is 3.16. The van der Waals surface area contributed by atoms with E-state index in [2.05, 4.69) is 35.2 Å². The lowest BCUT2D eigenvalue weighted by molar-refractivity contribution is -0.139. The number of esters is 1. The number of ether oxygens (including phenoxy) is 1. The van der Waals surface area contributed by atoms with Crippen molar-refractivity contribution in [2.24, 2.45) is 0 Å². The molecule has 0 saturated carbocycles. The van der Waals surface area contributed by atoms with Crippen LogP contribution in [0.15, 0.2) is 42.0 Å². The molecule has 2 bridgehead atoms. The number of rotatable bonds is 4. The molecule has 3 nitrogen and oxygen atoms in total. The molecule has 1 aromatic carbocycles. The molecule has 2 heterocycles. The molecule has 0 amide bonds. The van der Waals surface area contributed by atoms with Crippen LogP contribution < -0.4 is 0 Å². The Morgan fingerprint density at radius 1 is 1.32 bits per heavy atom. The van der Waals surface area contributed by atoms with Crippen molar-refractivity contribution >= 4 is 5.97 Å². The summed E-state index contributed by atoms with van der Waals surface area (Å²) in [5, 5.41) is 0. The van der Waals surface area contributed by atoms with E-state index in [4.69, 9.17) is 4.74 Å². The number of nitrogens with zero attached hydrogens (tertiary/aromatic N) is 1. The molecule has 0 unspecified atom stereocenters. The fourth-order valence-corrected chi connectivity index (χ4v) is 3.16. The maximum Gasteiger partial charge on any atom is 0.335 e. The second kappa shape index (κ2) is 5.17. The number of hydrogen-bond acceptors (Lipinski definition) is 3. The molecule has 0 spiro atoms. The predicted octanol–water partition coefficient (Wildman–Crippen LogP) is 2.52. The van der Waals surface area contributed by atoms with Crippen molar-refractivity contribution < 1.29 is 9.53 Å². The maximum atomic E-state index is 11.9. The van der Waals surface area contributed by atoms with Gasteiger partial charge in [-0.2, -0.15) is 0 Å². The average molecular weight is 257 g/mol. The molecular formula is C16H19NO2. The summed E-state index contributed by atoms with van der Waals surface area (Å²) in [6.45, 7) is 3.22. The van der Waals surface area contributed by atoms with Crippen LogP contribution in [-0.2, 0) is 16.1 Å². The van der Waals surface area contributed by atoms with Crippen LogP contribution in [0.2, 0.25) is 0 Å². The van der Waals surface area contributed by atoms with Crippen molar-refractivity contribution in [1.82, 2.24) is 4.90 Å². The van der Waals surface area contributed by atoms with Crippen LogP contribution in [0.25, 0.3) is 0 Å². The summed E-state index contributed by atoms with van der Waals surface area (Å²) in [5.41, 5.74) is 2.17. The lowest BCUT2D eigenvalue weighted by Crippen LogP contribution is -2.31. The van der Waals surface area contributed by atoms with E-state index in [1.807, 2.05) is 13.0 Å². The van der Waals surface area contributed by atoms with Crippen molar-refractivity contribution in [1.29, 1.82) is 0 Å². The number of carbonyl (C=O) groups excluding carboxylic acids is 1.